The summed E-state index contributed by atoms with van der Waals surface area (Å²) in [6.07, 6.45) is 7.85. The Hall–Kier alpha value is -4.61. The van der Waals surface area contributed by atoms with Crippen LogP contribution < -0.4 is 20.4 Å². The number of benzene rings is 3. The van der Waals surface area contributed by atoms with Gasteiger partial charge < -0.3 is 19.5 Å². The van der Waals surface area contributed by atoms with E-state index >= 15 is 0 Å². The summed E-state index contributed by atoms with van der Waals surface area (Å²) < 4.78 is 31.4. The summed E-state index contributed by atoms with van der Waals surface area (Å²) in [7, 11) is -3.54. The number of sulfonamides is 1. The Morgan fingerprint density at radius 1 is 0.959 bits per heavy atom. The topological polar surface area (TPSA) is 129 Å². The molecule has 0 bridgehead atoms. The molecular weight excluding hydrogens is 664 g/mol. The summed E-state index contributed by atoms with van der Waals surface area (Å²) in [6.45, 7) is 3.02. The number of carbonyl (C=O) groups is 2. The molecule has 2 aliphatic heterocycles. The molecule has 0 aliphatic carbocycles. The Labute approximate surface area is 290 Å². The third-order valence-corrected chi connectivity index (χ3v) is 9.76. The quantitative estimate of drug-likeness (QED) is 0.197. The number of nitrogens with one attached hydrogen (secondary N) is 2. The van der Waals surface area contributed by atoms with Gasteiger partial charge in [-0.2, -0.15) is 0 Å². The molecule has 2 amide bonds. The maximum Gasteiger partial charge on any atom is 0.287 e. The molecule has 1 aromatic heterocycles. The normalized spacial score (nSPS) is 16.0. The van der Waals surface area contributed by atoms with Crippen molar-refractivity contribution in [2.45, 2.75) is 51.1 Å². The Kier molecular flexibility index (Phi) is 10.4. The Bertz CT molecular complexity index is 2050. The zero-order chi connectivity index (χ0) is 34.5. The van der Waals surface area contributed by atoms with Crippen LogP contribution >= 0.6 is 11.6 Å². The SMILES string of the molecule is CS(=O)(=O)Nc1ccc2oc(C(=O)N[C@H](C=C3CCN(c4ccccc4CN4CCCCC4=O)CC3)Cc3ccc(Cl)cc3)cc(=O)c2c1. The number of rotatable bonds is 10. The van der Waals surface area contributed by atoms with Gasteiger partial charge in [-0.1, -0.05) is 53.6 Å². The number of halogens is 1. The zero-order valence-electron chi connectivity index (χ0n) is 27.3. The highest BCUT2D eigenvalue weighted by Gasteiger charge is 2.23. The second kappa shape index (κ2) is 14.9. The summed E-state index contributed by atoms with van der Waals surface area (Å²) >= 11 is 6.13. The molecule has 0 radical (unpaired) electrons. The maximum absolute atomic E-state index is 13.5. The fraction of sp³-hybridized carbons (Fsp3) is 0.324. The highest BCUT2D eigenvalue weighted by molar-refractivity contribution is 7.92. The lowest BCUT2D eigenvalue weighted by molar-refractivity contribution is -0.133. The van der Waals surface area contributed by atoms with Gasteiger partial charge in [0, 0.05) is 55.1 Å². The van der Waals surface area contributed by atoms with Crippen LogP contribution in [0.1, 0.15) is 53.8 Å². The van der Waals surface area contributed by atoms with Gasteiger partial charge in [0.15, 0.2) is 11.2 Å². The van der Waals surface area contributed by atoms with E-state index in [2.05, 4.69) is 33.1 Å². The molecule has 6 rings (SSSR count). The van der Waals surface area contributed by atoms with Crippen LogP contribution in [-0.2, 0) is 27.8 Å². The van der Waals surface area contributed by atoms with E-state index in [9.17, 15) is 22.8 Å². The molecule has 10 nitrogen and oxygen atoms in total. The van der Waals surface area contributed by atoms with Gasteiger partial charge in [-0.15, -0.1) is 0 Å². The minimum atomic E-state index is -3.54. The Morgan fingerprint density at radius 3 is 2.45 bits per heavy atom. The molecule has 0 saturated carbocycles. The number of amides is 2. The van der Waals surface area contributed by atoms with Crippen molar-refractivity contribution in [2.24, 2.45) is 0 Å². The lowest BCUT2D eigenvalue weighted by Crippen LogP contribution is -2.37. The third kappa shape index (κ3) is 8.90. The lowest BCUT2D eigenvalue weighted by Gasteiger charge is -2.34. The standard InChI is InChI=1S/C37H39ClN4O6S/c1-49(46,47)40-29-13-14-34-31(22-29)33(43)23-35(48-34)37(45)39-30(20-25-9-11-28(38)12-10-25)21-26-15-18-41(19-16-26)32-7-3-2-6-27(32)24-42-17-5-4-8-36(42)44/h2-3,6-7,9-14,21-23,30,40H,4-5,8,15-20,24H2,1H3,(H,39,45)/t30-/m0/s1. The van der Waals surface area contributed by atoms with E-state index in [4.69, 9.17) is 16.0 Å². The molecule has 3 aromatic carbocycles. The first kappa shape index (κ1) is 34.3. The summed E-state index contributed by atoms with van der Waals surface area (Å²) in [5.74, 6) is -0.455. The summed E-state index contributed by atoms with van der Waals surface area (Å²) in [5.41, 5.74) is 4.42. The van der Waals surface area contributed by atoms with Gasteiger partial charge in [-0.05, 0) is 79.6 Å². The van der Waals surface area contributed by atoms with E-state index in [1.54, 1.807) is 0 Å². The highest BCUT2D eigenvalue weighted by atomic mass is 35.5. The Balaban J connectivity index is 1.19. The van der Waals surface area contributed by atoms with Crippen molar-refractivity contribution >= 4 is 55.8 Å². The van der Waals surface area contributed by atoms with Crippen molar-refractivity contribution in [1.29, 1.82) is 0 Å². The van der Waals surface area contributed by atoms with Crippen LogP contribution in [0.5, 0.6) is 0 Å². The number of nitrogens with zero attached hydrogens (tertiary/aromatic N) is 2. The fourth-order valence-corrected chi connectivity index (χ4v) is 7.17. The first-order valence-electron chi connectivity index (χ1n) is 16.4. The van der Waals surface area contributed by atoms with Crippen molar-refractivity contribution in [3.8, 4) is 0 Å². The first-order valence-corrected chi connectivity index (χ1v) is 18.7. The van der Waals surface area contributed by atoms with Crippen LogP contribution in [0.25, 0.3) is 11.0 Å². The monoisotopic (exact) mass is 702 g/mol. The van der Waals surface area contributed by atoms with Crippen LogP contribution in [0.2, 0.25) is 5.02 Å². The molecule has 2 N–H and O–H groups in total. The number of fused-ring (bicyclic) bond motifs is 1. The molecule has 2 aliphatic rings. The van der Waals surface area contributed by atoms with Crippen LogP contribution in [0.4, 0.5) is 11.4 Å². The fourth-order valence-electron chi connectivity index (χ4n) is 6.48. The van der Waals surface area contributed by atoms with Crippen LogP contribution in [-0.4, -0.2) is 57.1 Å². The van der Waals surface area contributed by atoms with E-state index < -0.39 is 27.4 Å². The highest BCUT2D eigenvalue weighted by Crippen LogP contribution is 2.29. The molecule has 0 spiro atoms. The van der Waals surface area contributed by atoms with Gasteiger partial charge in [0.25, 0.3) is 5.91 Å². The molecule has 2 fully saturated rings. The minimum absolute atomic E-state index is 0.139. The minimum Gasteiger partial charge on any atom is -0.451 e. The smallest absolute Gasteiger partial charge is 0.287 e. The second-order valence-corrected chi connectivity index (χ2v) is 14.9. The first-order chi connectivity index (χ1) is 23.5. The summed E-state index contributed by atoms with van der Waals surface area (Å²) in [6, 6.07) is 20.8. The number of hydrogen-bond donors (Lipinski definition) is 2. The number of hydrogen-bond acceptors (Lipinski definition) is 7. The van der Waals surface area contributed by atoms with Crippen LogP contribution in [0, 0.1) is 0 Å². The van der Waals surface area contributed by atoms with Crippen molar-refractivity contribution in [2.75, 3.05) is 35.5 Å². The molecule has 256 valence electrons. The largest absolute Gasteiger partial charge is 0.451 e. The van der Waals surface area contributed by atoms with Crippen molar-refractivity contribution < 1.29 is 22.4 Å². The van der Waals surface area contributed by atoms with Crippen LogP contribution in [0.15, 0.2) is 93.7 Å². The van der Waals surface area contributed by atoms with Gasteiger partial charge in [-0.3, -0.25) is 19.1 Å². The van der Waals surface area contributed by atoms with E-state index in [0.29, 0.717) is 24.4 Å². The third-order valence-electron chi connectivity index (χ3n) is 8.90. The van der Waals surface area contributed by atoms with Crippen LogP contribution in [0.3, 0.4) is 0 Å². The van der Waals surface area contributed by atoms with Crippen molar-refractivity contribution in [1.82, 2.24) is 10.2 Å². The van der Waals surface area contributed by atoms with Gasteiger partial charge >= 0.3 is 0 Å². The number of carbonyl (C=O) groups excluding carboxylic acids is 2. The molecule has 49 heavy (non-hydrogen) atoms. The maximum atomic E-state index is 13.5. The molecule has 12 heteroatoms. The molecule has 4 aromatic rings. The summed E-state index contributed by atoms with van der Waals surface area (Å²) in [5, 5.41) is 3.83. The predicted molar refractivity (Wildman–Crippen MR) is 193 cm³/mol. The van der Waals surface area contributed by atoms with Gasteiger partial charge in [0.05, 0.1) is 17.7 Å². The van der Waals surface area contributed by atoms with E-state index in [1.165, 1.54) is 23.8 Å². The van der Waals surface area contributed by atoms with E-state index in [-0.39, 0.29) is 28.3 Å². The van der Waals surface area contributed by atoms with Crippen molar-refractivity contribution in [3.63, 3.8) is 0 Å². The predicted octanol–water partition coefficient (Wildman–Crippen LogP) is 5.90. The number of para-hydroxylation sites is 1. The number of anilines is 2. The molecule has 3 heterocycles. The number of piperidine rings is 2. The average molecular weight is 703 g/mol. The van der Waals surface area contributed by atoms with Crippen molar-refractivity contribution in [3.05, 3.63) is 117 Å². The van der Waals surface area contributed by atoms with Gasteiger partial charge in [0.1, 0.15) is 5.58 Å². The van der Waals surface area contributed by atoms with E-state index in [1.807, 2.05) is 41.3 Å². The zero-order valence-corrected chi connectivity index (χ0v) is 28.9. The summed E-state index contributed by atoms with van der Waals surface area (Å²) in [4.78, 5) is 43.3. The lowest BCUT2D eigenvalue weighted by atomic mass is 9.97. The average Bonchev–Trinajstić information content (AvgIpc) is 3.07. The van der Waals surface area contributed by atoms with Gasteiger partial charge in [-0.25, -0.2) is 8.42 Å². The molecular formula is C37H39ClN4O6S. The molecule has 2 saturated heterocycles. The second-order valence-electron chi connectivity index (χ2n) is 12.7. The van der Waals surface area contributed by atoms with E-state index in [0.717, 1.165) is 74.5 Å². The molecule has 1 atom stereocenters. The molecule has 0 unspecified atom stereocenters. The number of likely N-dealkylation sites (tertiary alicyclic amines) is 1. The Morgan fingerprint density at radius 2 is 1.71 bits per heavy atom. The van der Waals surface area contributed by atoms with Gasteiger partial charge in [0.2, 0.25) is 15.9 Å².